The number of amides is 1. The molecule has 0 bridgehead atoms. The molecular formula is C14H19N3O3. The van der Waals surface area contributed by atoms with Crippen LogP contribution < -0.4 is 5.32 Å². The van der Waals surface area contributed by atoms with Crippen molar-refractivity contribution in [3.63, 3.8) is 0 Å². The number of nitrogens with one attached hydrogen (secondary N) is 1. The highest BCUT2D eigenvalue weighted by Gasteiger charge is 2.26. The lowest BCUT2D eigenvalue weighted by atomic mass is 9.94. The Bertz CT molecular complexity index is 518. The molecule has 0 saturated carbocycles. The van der Waals surface area contributed by atoms with Crippen molar-refractivity contribution in [3.8, 4) is 0 Å². The molecule has 6 heteroatoms. The van der Waals surface area contributed by atoms with E-state index in [1.54, 1.807) is 0 Å². The zero-order valence-corrected chi connectivity index (χ0v) is 11.7. The van der Waals surface area contributed by atoms with Crippen LogP contribution in [0.4, 0.5) is 0 Å². The molecule has 6 nitrogen and oxygen atoms in total. The Hall–Kier alpha value is -1.95. The lowest BCUT2D eigenvalue weighted by molar-refractivity contribution is 0.0690. The summed E-state index contributed by atoms with van der Waals surface area (Å²) in [6, 6.07) is 4.54. The molecule has 1 aromatic heterocycles. The summed E-state index contributed by atoms with van der Waals surface area (Å²) < 4.78 is 0. The predicted molar refractivity (Wildman–Crippen MR) is 73.7 cm³/mol. The van der Waals surface area contributed by atoms with Gasteiger partial charge in [-0.05, 0) is 38.1 Å². The molecule has 2 rings (SSSR count). The summed E-state index contributed by atoms with van der Waals surface area (Å²) in [7, 11) is 2.06. The summed E-state index contributed by atoms with van der Waals surface area (Å²) in [4.78, 5) is 29.1. The highest BCUT2D eigenvalue weighted by molar-refractivity contribution is 5.94. The van der Waals surface area contributed by atoms with Crippen molar-refractivity contribution < 1.29 is 14.7 Å². The highest BCUT2D eigenvalue weighted by Crippen LogP contribution is 2.15. The molecule has 108 valence electrons. The summed E-state index contributed by atoms with van der Waals surface area (Å²) in [5, 5.41) is 11.8. The summed E-state index contributed by atoms with van der Waals surface area (Å²) in [6.45, 7) is 3.98. The maximum Gasteiger partial charge on any atom is 0.354 e. The van der Waals surface area contributed by atoms with Crippen LogP contribution in [0.25, 0.3) is 0 Å². The van der Waals surface area contributed by atoms with Gasteiger partial charge in [0.1, 0.15) is 11.4 Å². The molecule has 1 aromatic rings. The molecule has 0 aromatic carbocycles. The second-order valence-electron chi connectivity index (χ2n) is 5.32. The summed E-state index contributed by atoms with van der Waals surface area (Å²) in [5.41, 5.74) is 0.0325. The van der Waals surface area contributed by atoms with Gasteiger partial charge in [-0.3, -0.25) is 4.79 Å². The highest BCUT2D eigenvalue weighted by atomic mass is 16.4. The number of pyridine rings is 1. The number of hydrogen-bond donors (Lipinski definition) is 2. The molecule has 1 aliphatic rings. The van der Waals surface area contributed by atoms with Crippen molar-refractivity contribution in [2.75, 3.05) is 20.1 Å². The van der Waals surface area contributed by atoms with E-state index in [2.05, 4.69) is 29.2 Å². The quantitative estimate of drug-likeness (QED) is 0.856. The van der Waals surface area contributed by atoms with Gasteiger partial charge in [-0.1, -0.05) is 13.0 Å². The Morgan fingerprint density at radius 1 is 1.40 bits per heavy atom. The molecule has 0 radical (unpaired) electrons. The van der Waals surface area contributed by atoms with Crippen LogP contribution in [-0.4, -0.2) is 53.0 Å². The molecule has 0 spiro atoms. The number of piperidine rings is 1. The number of rotatable bonds is 3. The normalized spacial score (nSPS) is 23.3. The summed E-state index contributed by atoms with van der Waals surface area (Å²) >= 11 is 0. The molecule has 20 heavy (non-hydrogen) atoms. The third-order valence-electron chi connectivity index (χ3n) is 3.63. The Morgan fingerprint density at radius 3 is 2.75 bits per heavy atom. The Kier molecular flexibility index (Phi) is 4.34. The number of carbonyl (C=O) groups is 2. The Labute approximate surface area is 117 Å². The molecule has 2 unspecified atom stereocenters. The lowest BCUT2D eigenvalue weighted by Gasteiger charge is -2.35. The first-order valence-electron chi connectivity index (χ1n) is 6.67. The number of hydrogen-bond acceptors (Lipinski definition) is 4. The van der Waals surface area contributed by atoms with Crippen LogP contribution in [0.15, 0.2) is 18.2 Å². The van der Waals surface area contributed by atoms with E-state index in [0.717, 1.165) is 19.5 Å². The number of carboxylic acid groups (broad SMARTS) is 1. The fourth-order valence-electron chi connectivity index (χ4n) is 2.49. The average molecular weight is 277 g/mol. The molecule has 1 fully saturated rings. The molecule has 2 atom stereocenters. The van der Waals surface area contributed by atoms with Crippen LogP contribution in [0, 0.1) is 5.92 Å². The number of carbonyl (C=O) groups excluding carboxylic acids is 1. The van der Waals surface area contributed by atoms with Crippen LogP contribution in [0.2, 0.25) is 0 Å². The smallest absolute Gasteiger partial charge is 0.354 e. The minimum Gasteiger partial charge on any atom is -0.477 e. The molecule has 2 heterocycles. The van der Waals surface area contributed by atoms with Crippen molar-refractivity contribution in [3.05, 3.63) is 29.6 Å². The summed E-state index contributed by atoms with van der Waals surface area (Å²) in [5.74, 6) is -1.08. The van der Waals surface area contributed by atoms with Gasteiger partial charge in [0, 0.05) is 12.6 Å². The maximum absolute atomic E-state index is 12.1. The number of aromatic carboxylic acids is 1. The monoisotopic (exact) mass is 277 g/mol. The molecule has 1 saturated heterocycles. The minimum absolute atomic E-state index is 0.106. The molecule has 1 aliphatic heterocycles. The van der Waals surface area contributed by atoms with Gasteiger partial charge in [0.05, 0.1) is 0 Å². The van der Waals surface area contributed by atoms with Crippen molar-refractivity contribution in [1.82, 2.24) is 15.2 Å². The van der Waals surface area contributed by atoms with Gasteiger partial charge in [-0.25, -0.2) is 9.78 Å². The number of carboxylic acids is 1. The predicted octanol–water partition coefficient (Wildman–Crippen LogP) is 0.850. The van der Waals surface area contributed by atoms with Gasteiger partial charge in [-0.2, -0.15) is 0 Å². The molecular weight excluding hydrogens is 258 g/mol. The standard InChI is InChI=1S/C14H19N3O3/c1-9-8-17(2)7-6-10(9)16-13(18)11-4-3-5-12(15-11)14(19)20/h3-5,9-10H,6-8H2,1-2H3,(H,16,18)(H,19,20). The van der Waals surface area contributed by atoms with Crippen LogP contribution >= 0.6 is 0 Å². The zero-order chi connectivity index (χ0) is 14.7. The first kappa shape index (κ1) is 14.5. The first-order valence-corrected chi connectivity index (χ1v) is 6.67. The van der Waals surface area contributed by atoms with E-state index < -0.39 is 5.97 Å². The van der Waals surface area contributed by atoms with Gasteiger partial charge in [0.25, 0.3) is 5.91 Å². The van der Waals surface area contributed by atoms with E-state index in [0.29, 0.717) is 5.92 Å². The van der Waals surface area contributed by atoms with Crippen molar-refractivity contribution in [1.29, 1.82) is 0 Å². The van der Waals surface area contributed by atoms with Gasteiger partial charge in [0.15, 0.2) is 0 Å². The second kappa shape index (κ2) is 6.00. The molecule has 1 amide bonds. The lowest BCUT2D eigenvalue weighted by Crippen LogP contribution is -2.49. The van der Waals surface area contributed by atoms with Crippen LogP contribution in [-0.2, 0) is 0 Å². The summed E-state index contributed by atoms with van der Waals surface area (Å²) in [6.07, 6.45) is 0.891. The van der Waals surface area contributed by atoms with Crippen molar-refractivity contribution in [2.45, 2.75) is 19.4 Å². The number of aromatic nitrogens is 1. The zero-order valence-electron chi connectivity index (χ0n) is 11.7. The third-order valence-corrected chi connectivity index (χ3v) is 3.63. The number of likely N-dealkylation sites (tertiary alicyclic amines) is 1. The van der Waals surface area contributed by atoms with Crippen LogP contribution in [0.5, 0.6) is 0 Å². The van der Waals surface area contributed by atoms with E-state index in [1.807, 2.05) is 0 Å². The van der Waals surface area contributed by atoms with E-state index in [1.165, 1.54) is 18.2 Å². The van der Waals surface area contributed by atoms with E-state index >= 15 is 0 Å². The second-order valence-corrected chi connectivity index (χ2v) is 5.32. The third kappa shape index (κ3) is 3.33. The Morgan fingerprint density at radius 2 is 2.10 bits per heavy atom. The SMILES string of the molecule is CC1CN(C)CCC1NC(=O)c1cccc(C(=O)O)n1. The maximum atomic E-state index is 12.1. The first-order chi connectivity index (χ1) is 9.47. The van der Waals surface area contributed by atoms with Gasteiger partial charge in [0.2, 0.25) is 0 Å². The van der Waals surface area contributed by atoms with Gasteiger partial charge in [-0.15, -0.1) is 0 Å². The number of nitrogens with zero attached hydrogens (tertiary/aromatic N) is 2. The Balaban J connectivity index is 2.05. The minimum atomic E-state index is -1.13. The van der Waals surface area contributed by atoms with Crippen molar-refractivity contribution in [2.24, 2.45) is 5.92 Å². The fraction of sp³-hybridized carbons (Fsp3) is 0.500. The topological polar surface area (TPSA) is 82.5 Å². The molecule has 2 N–H and O–H groups in total. The van der Waals surface area contributed by atoms with Crippen LogP contribution in [0.1, 0.15) is 34.3 Å². The van der Waals surface area contributed by atoms with E-state index in [4.69, 9.17) is 5.11 Å². The van der Waals surface area contributed by atoms with Gasteiger partial charge < -0.3 is 15.3 Å². The van der Waals surface area contributed by atoms with Crippen LogP contribution in [0.3, 0.4) is 0 Å². The van der Waals surface area contributed by atoms with Crippen molar-refractivity contribution >= 4 is 11.9 Å². The largest absolute Gasteiger partial charge is 0.477 e. The molecule has 0 aliphatic carbocycles. The fourth-order valence-corrected chi connectivity index (χ4v) is 2.49. The van der Waals surface area contributed by atoms with E-state index in [-0.39, 0.29) is 23.3 Å². The average Bonchev–Trinajstić information content (AvgIpc) is 2.42. The van der Waals surface area contributed by atoms with Gasteiger partial charge >= 0.3 is 5.97 Å². The van der Waals surface area contributed by atoms with E-state index in [9.17, 15) is 9.59 Å².